The van der Waals surface area contributed by atoms with Crippen LogP contribution >= 0.6 is 34.8 Å². The van der Waals surface area contributed by atoms with E-state index in [-0.39, 0.29) is 5.91 Å². The topological polar surface area (TPSA) is 46.4 Å². The highest BCUT2D eigenvalue weighted by molar-refractivity contribution is 6.35. The van der Waals surface area contributed by atoms with Gasteiger partial charge in [-0.15, -0.1) is 0 Å². The van der Waals surface area contributed by atoms with Crippen LogP contribution < -0.4 is 5.32 Å². The number of rotatable bonds is 4. The summed E-state index contributed by atoms with van der Waals surface area (Å²) in [5.74, 6) is -0.240. The molecule has 4 nitrogen and oxygen atoms in total. The van der Waals surface area contributed by atoms with Crippen LogP contribution in [0.15, 0.2) is 48.8 Å². The number of amides is 1. The lowest BCUT2D eigenvalue weighted by Gasteiger charge is -2.00. The molecule has 0 aliphatic heterocycles. The number of carbonyl (C=O) groups is 1. The molecule has 0 fully saturated rings. The number of fused-ring (bicyclic) bond motifs is 1. The zero-order valence-electron chi connectivity index (χ0n) is 12.3. The number of aromatic nitrogens is 2. The second-order valence-corrected chi connectivity index (χ2v) is 6.34. The number of nitrogens with zero attached hydrogens (tertiary/aromatic N) is 2. The second-order valence-electron chi connectivity index (χ2n) is 5.06. The molecule has 1 aromatic carbocycles. The van der Waals surface area contributed by atoms with E-state index in [1.807, 2.05) is 16.7 Å². The van der Waals surface area contributed by atoms with Crippen LogP contribution in [0.25, 0.3) is 11.7 Å². The number of nitrogens with one attached hydrogen (secondary N) is 1. The van der Waals surface area contributed by atoms with Gasteiger partial charge in [0.15, 0.2) is 0 Å². The van der Waals surface area contributed by atoms with Crippen molar-refractivity contribution < 1.29 is 4.79 Å². The summed E-state index contributed by atoms with van der Waals surface area (Å²) >= 11 is 17.8. The van der Waals surface area contributed by atoms with Crippen molar-refractivity contribution >= 4 is 52.4 Å². The maximum absolute atomic E-state index is 11.9. The van der Waals surface area contributed by atoms with Crippen molar-refractivity contribution in [1.82, 2.24) is 14.7 Å². The fourth-order valence-corrected chi connectivity index (χ4v) is 2.78. The highest BCUT2D eigenvalue weighted by Gasteiger charge is 2.04. The third-order valence-corrected chi connectivity index (χ3v) is 4.07. The van der Waals surface area contributed by atoms with E-state index < -0.39 is 0 Å². The quantitative estimate of drug-likeness (QED) is 0.671. The van der Waals surface area contributed by atoms with Crippen LogP contribution in [0.3, 0.4) is 0 Å². The van der Waals surface area contributed by atoms with Crippen molar-refractivity contribution in [3.05, 3.63) is 75.1 Å². The number of halogens is 3. The molecule has 122 valence electrons. The van der Waals surface area contributed by atoms with Gasteiger partial charge in [-0.2, -0.15) is 0 Å². The van der Waals surface area contributed by atoms with Crippen molar-refractivity contribution in [2.75, 3.05) is 0 Å². The Labute approximate surface area is 153 Å². The largest absolute Gasteiger partial charge is 0.347 e. The van der Waals surface area contributed by atoms with Gasteiger partial charge in [-0.1, -0.05) is 40.9 Å². The van der Waals surface area contributed by atoms with Gasteiger partial charge in [-0.25, -0.2) is 4.98 Å². The van der Waals surface area contributed by atoms with Crippen LogP contribution in [0.4, 0.5) is 0 Å². The lowest BCUT2D eigenvalue weighted by molar-refractivity contribution is -0.116. The van der Waals surface area contributed by atoms with Crippen molar-refractivity contribution in [1.29, 1.82) is 0 Å². The Hall–Kier alpha value is -2.01. The van der Waals surface area contributed by atoms with Crippen LogP contribution in [-0.2, 0) is 11.3 Å². The van der Waals surface area contributed by atoms with E-state index in [1.165, 1.54) is 6.08 Å². The average molecular weight is 381 g/mol. The summed E-state index contributed by atoms with van der Waals surface area (Å²) in [5.41, 5.74) is 2.23. The summed E-state index contributed by atoms with van der Waals surface area (Å²) in [4.78, 5) is 16.3. The monoisotopic (exact) mass is 379 g/mol. The number of hydrogen-bond donors (Lipinski definition) is 1. The van der Waals surface area contributed by atoms with Crippen LogP contribution in [0.1, 0.15) is 11.3 Å². The summed E-state index contributed by atoms with van der Waals surface area (Å²) in [6, 6.07) is 8.68. The summed E-state index contributed by atoms with van der Waals surface area (Å²) in [7, 11) is 0. The fourth-order valence-electron chi connectivity index (χ4n) is 2.14. The lowest BCUT2D eigenvalue weighted by Crippen LogP contribution is -2.20. The molecule has 24 heavy (non-hydrogen) atoms. The zero-order chi connectivity index (χ0) is 17.1. The number of pyridine rings is 1. The molecule has 0 spiro atoms. The Kier molecular flexibility index (Phi) is 5.09. The predicted octanol–water partition coefficient (Wildman–Crippen LogP) is 4.62. The normalized spacial score (nSPS) is 11.3. The number of benzene rings is 1. The van der Waals surface area contributed by atoms with Crippen LogP contribution in [-0.4, -0.2) is 15.3 Å². The summed E-state index contributed by atoms with van der Waals surface area (Å²) in [6.45, 7) is 0.316. The molecular weight excluding hydrogens is 369 g/mol. The molecule has 0 unspecified atom stereocenters. The van der Waals surface area contributed by atoms with E-state index in [0.717, 1.165) is 16.9 Å². The number of imidazole rings is 1. The minimum atomic E-state index is -0.240. The molecule has 2 aromatic heterocycles. The Morgan fingerprint density at radius 3 is 2.71 bits per heavy atom. The molecule has 0 aliphatic carbocycles. The third kappa shape index (κ3) is 4.09. The molecule has 1 amide bonds. The Balaban J connectivity index is 1.63. The molecule has 0 atom stereocenters. The van der Waals surface area contributed by atoms with Gasteiger partial charge >= 0.3 is 0 Å². The molecule has 3 aromatic rings. The Morgan fingerprint density at radius 2 is 1.92 bits per heavy atom. The van der Waals surface area contributed by atoms with E-state index in [0.29, 0.717) is 21.6 Å². The van der Waals surface area contributed by atoms with Crippen molar-refractivity contribution in [2.24, 2.45) is 0 Å². The molecule has 2 heterocycles. The van der Waals surface area contributed by atoms with Gasteiger partial charge in [0.25, 0.3) is 0 Å². The van der Waals surface area contributed by atoms with Gasteiger partial charge in [0.2, 0.25) is 5.91 Å². The van der Waals surface area contributed by atoms with Crippen LogP contribution in [0, 0.1) is 0 Å². The maximum atomic E-state index is 11.9. The Bertz CT molecular complexity index is 934. The van der Waals surface area contributed by atoms with Crippen LogP contribution in [0.5, 0.6) is 0 Å². The van der Waals surface area contributed by atoms with Gasteiger partial charge in [0.1, 0.15) is 5.65 Å². The highest BCUT2D eigenvalue weighted by atomic mass is 35.5. The molecule has 0 saturated carbocycles. The average Bonchev–Trinajstić information content (AvgIpc) is 2.94. The molecular formula is C17H12Cl3N3O. The third-order valence-electron chi connectivity index (χ3n) is 3.29. The van der Waals surface area contributed by atoms with E-state index in [9.17, 15) is 4.79 Å². The summed E-state index contributed by atoms with van der Waals surface area (Å²) in [5, 5.41) is 4.43. The molecule has 0 bridgehead atoms. The molecule has 1 N–H and O–H groups in total. The van der Waals surface area contributed by atoms with E-state index >= 15 is 0 Å². The standard InChI is InChI=1S/C17H12Cl3N3O/c18-12-3-1-11(15(20)7-12)2-6-17(24)21-8-14-10-23-9-13(19)4-5-16(23)22-14/h1-7,9-10H,8H2,(H,21,24)/b6-2+. The SMILES string of the molecule is O=C(/C=C/c1ccc(Cl)cc1Cl)NCc1cn2cc(Cl)ccc2n1. The van der Waals surface area contributed by atoms with E-state index in [2.05, 4.69) is 10.3 Å². The molecule has 0 saturated heterocycles. The highest BCUT2D eigenvalue weighted by Crippen LogP contribution is 2.21. The van der Waals surface area contributed by atoms with Gasteiger partial charge in [-0.3, -0.25) is 4.79 Å². The molecule has 7 heteroatoms. The van der Waals surface area contributed by atoms with Crippen molar-refractivity contribution in [3.8, 4) is 0 Å². The summed E-state index contributed by atoms with van der Waals surface area (Å²) in [6.07, 6.45) is 6.64. The first kappa shape index (κ1) is 16.8. The number of hydrogen-bond acceptors (Lipinski definition) is 2. The second kappa shape index (κ2) is 7.26. The minimum absolute atomic E-state index is 0.240. The van der Waals surface area contributed by atoms with Gasteiger partial charge < -0.3 is 9.72 Å². The van der Waals surface area contributed by atoms with Gasteiger partial charge in [0.05, 0.1) is 17.3 Å². The number of carbonyl (C=O) groups excluding carboxylic acids is 1. The maximum Gasteiger partial charge on any atom is 0.244 e. The van der Waals surface area contributed by atoms with Crippen molar-refractivity contribution in [3.63, 3.8) is 0 Å². The molecule has 0 radical (unpaired) electrons. The van der Waals surface area contributed by atoms with Gasteiger partial charge in [0, 0.05) is 28.5 Å². The fraction of sp³-hybridized carbons (Fsp3) is 0.0588. The lowest BCUT2D eigenvalue weighted by atomic mass is 10.2. The smallest absolute Gasteiger partial charge is 0.244 e. The zero-order valence-corrected chi connectivity index (χ0v) is 14.6. The summed E-state index contributed by atoms with van der Waals surface area (Å²) < 4.78 is 1.81. The van der Waals surface area contributed by atoms with Crippen LogP contribution in [0.2, 0.25) is 15.1 Å². The van der Waals surface area contributed by atoms with E-state index in [4.69, 9.17) is 34.8 Å². The van der Waals surface area contributed by atoms with Crippen molar-refractivity contribution in [2.45, 2.75) is 6.54 Å². The molecule has 3 rings (SSSR count). The first-order valence-electron chi connectivity index (χ1n) is 7.05. The molecule has 0 aliphatic rings. The first-order valence-corrected chi connectivity index (χ1v) is 8.19. The van der Waals surface area contributed by atoms with E-state index in [1.54, 1.807) is 36.5 Å². The first-order chi connectivity index (χ1) is 11.5. The predicted molar refractivity (Wildman–Crippen MR) is 97.5 cm³/mol. The Morgan fingerprint density at radius 1 is 1.12 bits per heavy atom. The van der Waals surface area contributed by atoms with Gasteiger partial charge in [-0.05, 0) is 35.9 Å². The minimum Gasteiger partial charge on any atom is -0.347 e.